The molecule has 0 saturated carbocycles. The zero-order valence-corrected chi connectivity index (χ0v) is 33.5. The Morgan fingerprint density at radius 3 is 1.15 bits per heavy atom. The predicted octanol–water partition coefficient (Wildman–Crippen LogP) is 16.0. The molecule has 0 saturated heterocycles. The van der Waals surface area contributed by atoms with E-state index in [9.17, 15) is 0 Å². The van der Waals surface area contributed by atoms with Gasteiger partial charge in [0.05, 0.1) is 5.69 Å². The van der Waals surface area contributed by atoms with Gasteiger partial charge in [0.15, 0.2) is 0 Å². The largest absolute Gasteiger partial charge is 0.310 e. The fourth-order valence-corrected chi connectivity index (χ4v) is 8.83. The molecule has 0 fully saturated rings. The summed E-state index contributed by atoms with van der Waals surface area (Å²) in [4.78, 5) is 2.38. The van der Waals surface area contributed by atoms with Gasteiger partial charge in [-0.15, -0.1) is 0 Å². The molecule has 0 amide bonds. The molecule has 0 aliphatic rings. The van der Waals surface area contributed by atoms with Gasteiger partial charge < -0.3 is 4.90 Å². The molecule has 0 aliphatic carbocycles. The van der Waals surface area contributed by atoms with Crippen LogP contribution in [0.2, 0.25) is 0 Å². The van der Waals surface area contributed by atoms with Gasteiger partial charge in [0.2, 0.25) is 0 Å². The number of nitrogens with zero attached hydrogens (tertiary/aromatic N) is 1. The quantitative estimate of drug-likeness (QED) is 0.127. The normalized spacial score (nSPS) is 11.7. The van der Waals surface area contributed by atoms with E-state index in [4.69, 9.17) is 0 Å². The van der Waals surface area contributed by atoms with E-state index in [1.165, 1.54) is 71.6 Å². The van der Waals surface area contributed by atoms with Crippen LogP contribution in [0.4, 0.5) is 17.1 Å². The summed E-state index contributed by atoms with van der Waals surface area (Å²) in [6.45, 7) is 0. The summed E-state index contributed by atoms with van der Waals surface area (Å²) >= 11 is 0. The summed E-state index contributed by atoms with van der Waals surface area (Å²) in [5, 5.41) is 5.08. The van der Waals surface area contributed by atoms with Crippen LogP contribution in [0.5, 0.6) is 0 Å². The highest BCUT2D eigenvalue weighted by atomic mass is 15.1. The van der Waals surface area contributed by atoms with Crippen molar-refractivity contribution in [3.8, 4) is 33.4 Å². The summed E-state index contributed by atoms with van der Waals surface area (Å²) in [5.41, 5.74) is 14.8. The third-order valence-corrected chi connectivity index (χ3v) is 11.9. The zero-order chi connectivity index (χ0) is 40.1. The van der Waals surface area contributed by atoms with Crippen LogP contribution in [0, 0.1) is 0 Å². The molecule has 0 bridgehead atoms. The van der Waals surface area contributed by atoms with Gasteiger partial charge in [-0.2, -0.15) is 0 Å². The van der Waals surface area contributed by atoms with Crippen molar-refractivity contribution >= 4 is 38.6 Å². The molecular formula is C59H45N. The smallest absolute Gasteiger partial charge is 0.0540 e. The Morgan fingerprint density at radius 2 is 0.650 bits per heavy atom. The van der Waals surface area contributed by atoms with E-state index >= 15 is 0 Å². The molecule has 0 radical (unpaired) electrons. The van der Waals surface area contributed by atoms with Gasteiger partial charge in [0, 0.05) is 16.8 Å². The van der Waals surface area contributed by atoms with Crippen molar-refractivity contribution in [3.63, 3.8) is 0 Å². The minimum absolute atomic E-state index is 0.325. The summed E-state index contributed by atoms with van der Waals surface area (Å²) in [5.74, 6) is 0.325. The molecule has 0 aliphatic heterocycles. The van der Waals surface area contributed by atoms with Gasteiger partial charge in [0.25, 0.3) is 0 Å². The van der Waals surface area contributed by atoms with E-state index < -0.39 is 0 Å². The molecule has 10 rings (SSSR count). The van der Waals surface area contributed by atoms with Crippen LogP contribution in [-0.2, 0) is 12.8 Å². The average Bonchev–Trinajstić information content (AvgIpc) is 3.33. The van der Waals surface area contributed by atoms with Gasteiger partial charge in [-0.3, -0.25) is 0 Å². The number of rotatable bonds is 11. The van der Waals surface area contributed by atoms with Crippen molar-refractivity contribution in [2.24, 2.45) is 0 Å². The third kappa shape index (κ3) is 7.74. The molecular weight excluding hydrogens is 723 g/mol. The summed E-state index contributed by atoms with van der Waals surface area (Å²) in [6, 6.07) is 88.4. The van der Waals surface area contributed by atoms with Crippen LogP contribution in [0.3, 0.4) is 0 Å². The number of hydrogen-bond acceptors (Lipinski definition) is 1. The van der Waals surface area contributed by atoms with Gasteiger partial charge in [-0.25, -0.2) is 0 Å². The molecule has 286 valence electrons. The predicted molar refractivity (Wildman–Crippen MR) is 255 cm³/mol. The Kier molecular flexibility index (Phi) is 10.3. The van der Waals surface area contributed by atoms with Crippen molar-refractivity contribution in [2.75, 3.05) is 4.90 Å². The third-order valence-electron chi connectivity index (χ3n) is 11.9. The van der Waals surface area contributed by atoms with E-state index in [0.717, 1.165) is 29.9 Å². The van der Waals surface area contributed by atoms with Gasteiger partial charge in [-0.1, -0.05) is 212 Å². The molecule has 1 unspecified atom stereocenters. The minimum Gasteiger partial charge on any atom is -0.310 e. The first-order chi connectivity index (χ1) is 29.7. The van der Waals surface area contributed by atoms with Crippen molar-refractivity contribution in [2.45, 2.75) is 18.8 Å². The molecule has 1 nitrogen and oxygen atoms in total. The van der Waals surface area contributed by atoms with Crippen LogP contribution in [0.1, 0.15) is 22.6 Å². The fourth-order valence-electron chi connectivity index (χ4n) is 8.83. The van der Waals surface area contributed by atoms with Crippen molar-refractivity contribution in [1.82, 2.24) is 0 Å². The van der Waals surface area contributed by atoms with Crippen molar-refractivity contribution in [1.29, 1.82) is 0 Å². The summed E-state index contributed by atoms with van der Waals surface area (Å²) in [7, 11) is 0. The second-order valence-electron chi connectivity index (χ2n) is 15.7. The Morgan fingerprint density at radius 1 is 0.283 bits per heavy atom. The standard InChI is InChI=1S/C59H45N/c1-3-13-45(14-4-1)47-29-25-43(26-30-47)41-53(57-23-11-19-51-17-7-9-21-56(51)57)42-44-27-31-48(32-28-44)50-35-39-55(40-36-50)60(59-24-12-20-52-18-8-10-22-58(52)59)54-37-33-49(34-38-54)46-15-5-2-6-16-46/h1-40,53H,41-42H2. The van der Waals surface area contributed by atoms with E-state index in [-0.39, 0.29) is 0 Å². The second kappa shape index (κ2) is 16.8. The lowest BCUT2D eigenvalue weighted by atomic mass is 9.84. The molecule has 10 aromatic rings. The monoisotopic (exact) mass is 767 g/mol. The molecule has 60 heavy (non-hydrogen) atoms. The molecule has 0 heterocycles. The maximum Gasteiger partial charge on any atom is 0.0540 e. The van der Waals surface area contributed by atoms with Gasteiger partial charge in [0.1, 0.15) is 0 Å². The number of benzene rings is 10. The van der Waals surface area contributed by atoms with E-state index in [1.54, 1.807) is 0 Å². The lowest BCUT2D eigenvalue weighted by Crippen LogP contribution is -2.10. The Balaban J connectivity index is 0.936. The Hall–Kier alpha value is -7.48. The SMILES string of the molecule is c1ccc(-c2ccc(CC(Cc3ccc(-c4ccc(N(c5ccc(-c6ccccc6)cc5)c5cccc6ccccc56)cc4)cc3)c3cccc4ccccc34)cc2)cc1. The topological polar surface area (TPSA) is 3.24 Å². The lowest BCUT2D eigenvalue weighted by molar-refractivity contribution is 0.685. The number of fused-ring (bicyclic) bond motifs is 2. The Labute approximate surface area is 353 Å². The first-order valence-electron chi connectivity index (χ1n) is 21.0. The highest BCUT2D eigenvalue weighted by molar-refractivity contribution is 5.99. The Bertz CT molecular complexity index is 2980. The number of hydrogen-bond donors (Lipinski definition) is 0. The summed E-state index contributed by atoms with van der Waals surface area (Å²) in [6.07, 6.45) is 1.92. The van der Waals surface area contributed by atoms with E-state index in [1.807, 2.05) is 0 Å². The average molecular weight is 768 g/mol. The lowest BCUT2D eigenvalue weighted by Gasteiger charge is -2.27. The van der Waals surface area contributed by atoms with E-state index in [2.05, 4.69) is 248 Å². The van der Waals surface area contributed by atoms with Crippen LogP contribution in [-0.4, -0.2) is 0 Å². The second-order valence-corrected chi connectivity index (χ2v) is 15.7. The fraction of sp³-hybridized carbons (Fsp3) is 0.0508. The van der Waals surface area contributed by atoms with Crippen LogP contribution in [0.25, 0.3) is 54.9 Å². The molecule has 1 atom stereocenters. The first kappa shape index (κ1) is 36.8. The van der Waals surface area contributed by atoms with E-state index in [0.29, 0.717) is 5.92 Å². The van der Waals surface area contributed by atoms with Gasteiger partial charge in [-0.05, 0) is 115 Å². The van der Waals surface area contributed by atoms with Gasteiger partial charge >= 0.3 is 0 Å². The van der Waals surface area contributed by atoms with Crippen LogP contribution in [0.15, 0.2) is 243 Å². The highest BCUT2D eigenvalue weighted by Crippen LogP contribution is 2.40. The molecule has 1 heteroatoms. The molecule has 0 N–H and O–H groups in total. The molecule has 0 aromatic heterocycles. The zero-order valence-electron chi connectivity index (χ0n) is 33.5. The van der Waals surface area contributed by atoms with Crippen molar-refractivity contribution in [3.05, 3.63) is 259 Å². The maximum atomic E-state index is 2.38. The highest BCUT2D eigenvalue weighted by Gasteiger charge is 2.18. The molecule has 10 aromatic carbocycles. The molecule has 0 spiro atoms. The van der Waals surface area contributed by atoms with Crippen molar-refractivity contribution < 1.29 is 0 Å². The maximum absolute atomic E-state index is 2.38. The summed E-state index contributed by atoms with van der Waals surface area (Å²) < 4.78 is 0. The van der Waals surface area contributed by atoms with Crippen LogP contribution >= 0.6 is 0 Å². The van der Waals surface area contributed by atoms with Crippen LogP contribution < -0.4 is 4.90 Å². The first-order valence-corrected chi connectivity index (χ1v) is 21.0. The number of anilines is 3. The minimum atomic E-state index is 0.325.